The van der Waals surface area contributed by atoms with E-state index in [-0.39, 0.29) is 29.7 Å². The molecule has 0 aromatic heterocycles. The lowest BCUT2D eigenvalue weighted by molar-refractivity contribution is 0.172. The van der Waals surface area contributed by atoms with Crippen LogP contribution in [0.2, 0.25) is 0 Å². The zero-order valence-corrected chi connectivity index (χ0v) is 9.60. The molecule has 0 aliphatic carbocycles. The molecule has 0 amide bonds. The number of nitrogens with one attached hydrogen (secondary N) is 1. The van der Waals surface area contributed by atoms with Crippen molar-refractivity contribution < 1.29 is 13.5 Å². The van der Waals surface area contributed by atoms with Crippen LogP contribution >= 0.6 is 0 Å². The predicted molar refractivity (Wildman–Crippen MR) is 56.0 cm³/mol. The Kier molecular flexibility index (Phi) is 3.55. The summed E-state index contributed by atoms with van der Waals surface area (Å²) in [4.78, 5) is 0. The molecule has 1 aliphatic rings. The maximum Gasteiger partial charge on any atom is 0.150 e. The van der Waals surface area contributed by atoms with Gasteiger partial charge in [0.15, 0.2) is 0 Å². The van der Waals surface area contributed by atoms with Crippen molar-refractivity contribution in [2.75, 3.05) is 18.1 Å². The third-order valence-corrected chi connectivity index (χ3v) is 4.26. The highest BCUT2D eigenvalue weighted by Crippen LogP contribution is 2.15. The van der Waals surface area contributed by atoms with Crippen molar-refractivity contribution in [3.8, 4) is 0 Å². The van der Waals surface area contributed by atoms with Crippen LogP contribution < -0.4 is 5.32 Å². The monoisotopic (exact) mass is 221 g/mol. The average molecular weight is 221 g/mol. The number of sulfone groups is 1. The third kappa shape index (κ3) is 3.55. The molecular formula is C9H19NO3S. The van der Waals surface area contributed by atoms with Gasteiger partial charge in [-0.2, -0.15) is 0 Å². The molecule has 0 aromatic rings. The van der Waals surface area contributed by atoms with Gasteiger partial charge in [-0.25, -0.2) is 8.42 Å². The summed E-state index contributed by atoms with van der Waals surface area (Å²) in [5.41, 5.74) is -0.314. The molecule has 84 valence electrons. The molecule has 0 atom stereocenters. The van der Waals surface area contributed by atoms with E-state index in [1.54, 1.807) is 0 Å². The van der Waals surface area contributed by atoms with Gasteiger partial charge in [0.25, 0.3) is 0 Å². The molecule has 0 spiro atoms. The van der Waals surface area contributed by atoms with Gasteiger partial charge in [-0.1, -0.05) is 0 Å². The zero-order valence-electron chi connectivity index (χ0n) is 8.78. The highest BCUT2D eigenvalue weighted by atomic mass is 32.2. The molecule has 1 heterocycles. The van der Waals surface area contributed by atoms with Crippen LogP contribution in [0.15, 0.2) is 0 Å². The first-order chi connectivity index (χ1) is 6.35. The van der Waals surface area contributed by atoms with Crippen molar-refractivity contribution in [2.45, 2.75) is 38.3 Å². The van der Waals surface area contributed by atoms with E-state index in [9.17, 15) is 8.42 Å². The first-order valence-corrected chi connectivity index (χ1v) is 6.76. The fourth-order valence-electron chi connectivity index (χ4n) is 1.63. The molecule has 0 bridgehead atoms. The Balaban J connectivity index is 2.44. The first kappa shape index (κ1) is 11.9. The summed E-state index contributed by atoms with van der Waals surface area (Å²) in [7, 11) is -2.78. The summed E-state index contributed by atoms with van der Waals surface area (Å²) in [5, 5.41) is 12.3. The smallest absolute Gasteiger partial charge is 0.150 e. The molecule has 0 radical (unpaired) electrons. The molecule has 1 rings (SSSR count). The minimum Gasteiger partial charge on any atom is -0.394 e. The van der Waals surface area contributed by atoms with Crippen LogP contribution in [0.1, 0.15) is 26.7 Å². The van der Waals surface area contributed by atoms with Gasteiger partial charge in [-0.3, -0.25) is 0 Å². The molecule has 4 nitrogen and oxygen atoms in total. The van der Waals surface area contributed by atoms with Gasteiger partial charge in [0, 0.05) is 11.6 Å². The number of rotatable bonds is 3. The van der Waals surface area contributed by atoms with Crippen LogP contribution in [0.5, 0.6) is 0 Å². The fourth-order valence-corrected chi connectivity index (χ4v) is 3.12. The van der Waals surface area contributed by atoms with Crippen molar-refractivity contribution in [1.29, 1.82) is 0 Å². The summed E-state index contributed by atoms with van der Waals surface area (Å²) < 4.78 is 22.3. The largest absolute Gasteiger partial charge is 0.394 e. The van der Waals surface area contributed by atoms with Crippen LogP contribution in [-0.4, -0.2) is 43.2 Å². The van der Waals surface area contributed by atoms with Crippen molar-refractivity contribution in [3.05, 3.63) is 0 Å². The van der Waals surface area contributed by atoms with Crippen LogP contribution in [0.25, 0.3) is 0 Å². The molecule has 14 heavy (non-hydrogen) atoms. The van der Waals surface area contributed by atoms with E-state index < -0.39 is 9.84 Å². The lowest BCUT2D eigenvalue weighted by atomic mass is 10.0. The molecule has 0 unspecified atom stereocenters. The number of hydrogen-bond donors (Lipinski definition) is 2. The van der Waals surface area contributed by atoms with Crippen LogP contribution in [0.3, 0.4) is 0 Å². The van der Waals surface area contributed by atoms with Crippen LogP contribution in [0.4, 0.5) is 0 Å². The number of aliphatic hydroxyl groups is 1. The zero-order chi connectivity index (χ0) is 10.8. The fraction of sp³-hybridized carbons (Fsp3) is 1.00. The minimum atomic E-state index is -2.78. The quantitative estimate of drug-likeness (QED) is 0.700. The standard InChI is InChI=1S/C9H19NO3S/c1-9(2,7-11)10-8-3-5-14(12,13)6-4-8/h8,10-11H,3-7H2,1-2H3. The first-order valence-electron chi connectivity index (χ1n) is 4.94. The van der Waals surface area contributed by atoms with Crippen LogP contribution in [0, 0.1) is 0 Å². The Bertz CT molecular complexity index is 270. The van der Waals surface area contributed by atoms with E-state index in [0.717, 1.165) is 0 Å². The van der Waals surface area contributed by atoms with E-state index >= 15 is 0 Å². The van der Waals surface area contributed by atoms with Gasteiger partial charge in [-0.15, -0.1) is 0 Å². The van der Waals surface area contributed by atoms with Gasteiger partial charge < -0.3 is 10.4 Å². The summed E-state index contributed by atoms with van der Waals surface area (Å²) in [6.07, 6.45) is 1.32. The predicted octanol–water partition coefficient (Wildman–Crippen LogP) is -0.0759. The summed E-state index contributed by atoms with van der Waals surface area (Å²) in [6.45, 7) is 3.89. The van der Waals surface area contributed by atoms with E-state index in [0.29, 0.717) is 12.8 Å². The minimum absolute atomic E-state index is 0.0657. The Morgan fingerprint density at radius 2 is 1.86 bits per heavy atom. The van der Waals surface area contributed by atoms with Crippen molar-refractivity contribution >= 4 is 9.84 Å². The average Bonchev–Trinajstić information content (AvgIpc) is 2.09. The lowest BCUT2D eigenvalue weighted by Crippen LogP contribution is -2.50. The van der Waals surface area contributed by atoms with Gasteiger partial charge in [0.2, 0.25) is 0 Å². The molecule has 1 aliphatic heterocycles. The SMILES string of the molecule is CC(C)(CO)NC1CCS(=O)(=O)CC1. The third-order valence-electron chi connectivity index (χ3n) is 2.54. The Morgan fingerprint density at radius 3 is 2.29 bits per heavy atom. The van der Waals surface area contributed by atoms with Crippen molar-refractivity contribution in [3.63, 3.8) is 0 Å². The molecule has 0 saturated carbocycles. The molecular weight excluding hydrogens is 202 g/mol. The van der Waals surface area contributed by atoms with Crippen molar-refractivity contribution in [1.82, 2.24) is 5.32 Å². The summed E-state index contributed by atoms with van der Waals surface area (Å²) >= 11 is 0. The maximum atomic E-state index is 11.2. The number of hydrogen-bond acceptors (Lipinski definition) is 4. The van der Waals surface area contributed by atoms with E-state index in [4.69, 9.17) is 5.11 Å². The highest BCUT2D eigenvalue weighted by molar-refractivity contribution is 7.91. The molecule has 1 saturated heterocycles. The molecule has 0 aromatic carbocycles. The van der Waals surface area contributed by atoms with E-state index in [2.05, 4.69) is 5.32 Å². The second-order valence-electron chi connectivity index (χ2n) is 4.61. The van der Waals surface area contributed by atoms with Gasteiger partial charge in [0.1, 0.15) is 9.84 Å². The second kappa shape index (κ2) is 4.16. The second-order valence-corrected chi connectivity index (χ2v) is 6.92. The molecule has 2 N–H and O–H groups in total. The Morgan fingerprint density at radius 1 is 1.36 bits per heavy atom. The van der Waals surface area contributed by atoms with E-state index in [1.807, 2.05) is 13.8 Å². The lowest BCUT2D eigenvalue weighted by Gasteiger charge is -2.32. The molecule has 5 heteroatoms. The molecule has 1 fully saturated rings. The van der Waals surface area contributed by atoms with Gasteiger partial charge in [0.05, 0.1) is 18.1 Å². The Hall–Kier alpha value is -0.130. The highest BCUT2D eigenvalue weighted by Gasteiger charge is 2.27. The van der Waals surface area contributed by atoms with Gasteiger partial charge >= 0.3 is 0 Å². The number of aliphatic hydroxyl groups excluding tert-OH is 1. The normalized spacial score (nSPS) is 23.6. The summed E-state index contributed by atoms with van der Waals surface area (Å²) in [5.74, 6) is 0.540. The maximum absolute atomic E-state index is 11.2. The Labute approximate surface area is 85.6 Å². The van der Waals surface area contributed by atoms with E-state index in [1.165, 1.54) is 0 Å². The topological polar surface area (TPSA) is 66.4 Å². The van der Waals surface area contributed by atoms with Crippen molar-refractivity contribution in [2.24, 2.45) is 0 Å². The summed E-state index contributed by atoms with van der Waals surface area (Å²) in [6, 6.07) is 0.223. The van der Waals surface area contributed by atoms with Gasteiger partial charge in [-0.05, 0) is 26.7 Å². The van der Waals surface area contributed by atoms with Crippen LogP contribution in [-0.2, 0) is 9.84 Å².